The molecular formula is C15H22O4Si. The van der Waals surface area contributed by atoms with Crippen molar-refractivity contribution in [2.75, 3.05) is 13.7 Å². The van der Waals surface area contributed by atoms with Gasteiger partial charge in [0.1, 0.15) is 18.1 Å². The molecule has 0 fully saturated rings. The molecule has 20 heavy (non-hydrogen) atoms. The van der Waals surface area contributed by atoms with Gasteiger partial charge in [-0.1, -0.05) is 18.2 Å². The van der Waals surface area contributed by atoms with Crippen LogP contribution in [0.15, 0.2) is 42.2 Å². The van der Waals surface area contributed by atoms with Crippen molar-refractivity contribution in [3.63, 3.8) is 0 Å². The molecule has 0 heterocycles. The van der Waals surface area contributed by atoms with Crippen LogP contribution in [0.25, 0.3) is 0 Å². The quantitative estimate of drug-likeness (QED) is 0.439. The molecule has 0 saturated heterocycles. The highest BCUT2D eigenvalue weighted by molar-refractivity contribution is 6.70. The van der Waals surface area contributed by atoms with E-state index in [9.17, 15) is 4.79 Å². The molecule has 5 heteroatoms. The van der Waals surface area contributed by atoms with Crippen LogP contribution in [0.5, 0.6) is 5.75 Å². The van der Waals surface area contributed by atoms with Crippen molar-refractivity contribution in [3.05, 3.63) is 42.2 Å². The zero-order valence-electron chi connectivity index (χ0n) is 12.5. The van der Waals surface area contributed by atoms with E-state index in [0.29, 0.717) is 12.4 Å². The van der Waals surface area contributed by atoms with Crippen molar-refractivity contribution < 1.29 is 18.7 Å². The molecule has 110 valence electrons. The van der Waals surface area contributed by atoms with E-state index in [2.05, 4.69) is 24.4 Å². The Bertz CT molecular complexity index is 449. The van der Waals surface area contributed by atoms with Crippen LogP contribution in [0.1, 0.15) is 6.42 Å². The Labute approximate surface area is 121 Å². The third-order valence-electron chi connectivity index (χ3n) is 2.29. The van der Waals surface area contributed by atoms with Crippen molar-refractivity contribution in [2.24, 2.45) is 0 Å². The summed E-state index contributed by atoms with van der Waals surface area (Å²) in [7, 11) is -0.370. The Kier molecular flexibility index (Phi) is 6.31. The Hall–Kier alpha value is -1.75. The van der Waals surface area contributed by atoms with Crippen molar-refractivity contribution in [1.29, 1.82) is 0 Å². The highest BCUT2D eigenvalue weighted by atomic mass is 28.4. The summed E-state index contributed by atoms with van der Waals surface area (Å²) >= 11 is 0. The first-order valence-electron chi connectivity index (χ1n) is 6.53. The highest BCUT2D eigenvalue weighted by Crippen LogP contribution is 2.15. The molecule has 0 aliphatic carbocycles. The molecule has 1 aromatic rings. The zero-order chi connectivity index (χ0) is 15.0. The molecule has 0 unspecified atom stereocenters. The Morgan fingerprint density at radius 1 is 1.20 bits per heavy atom. The fourth-order valence-electron chi connectivity index (χ4n) is 1.48. The molecular weight excluding hydrogens is 272 g/mol. The lowest BCUT2D eigenvalue weighted by Crippen LogP contribution is -2.26. The van der Waals surface area contributed by atoms with Gasteiger partial charge in [-0.3, -0.25) is 4.79 Å². The number of methoxy groups -OCH3 is 1. The minimum absolute atomic E-state index is 0.189. The van der Waals surface area contributed by atoms with Crippen LogP contribution in [0, 0.1) is 0 Å². The first kappa shape index (κ1) is 16.3. The van der Waals surface area contributed by atoms with E-state index >= 15 is 0 Å². The van der Waals surface area contributed by atoms with Crippen molar-refractivity contribution in [1.82, 2.24) is 0 Å². The van der Waals surface area contributed by atoms with Gasteiger partial charge in [-0.05, 0) is 37.8 Å². The minimum Gasteiger partial charge on any atom is -0.545 e. The minimum atomic E-state index is -1.74. The lowest BCUT2D eigenvalue weighted by Gasteiger charge is -2.22. The van der Waals surface area contributed by atoms with Crippen LogP contribution in [0.4, 0.5) is 0 Å². The largest absolute Gasteiger partial charge is 0.545 e. The fourth-order valence-corrected chi connectivity index (χ4v) is 2.40. The predicted octanol–water partition coefficient (Wildman–Crippen LogP) is 3.36. The average molecular weight is 294 g/mol. The van der Waals surface area contributed by atoms with Crippen LogP contribution >= 0.6 is 0 Å². The number of hydrogen-bond donors (Lipinski definition) is 0. The maximum absolute atomic E-state index is 11.2. The number of carbonyl (C=O) groups excluding carboxylic acids is 1. The number of hydrogen-bond acceptors (Lipinski definition) is 4. The summed E-state index contributed by atoms with van der Waals surface area (Å²) in [6.07, 6.45) is 1.92. The summed E-state index contributed by atoms with van der Waals surface area (Å²) in [5.41, 5.74) is 0. The third kappa shape index (κ3) is 6.99. The van der Waals surface area contributed by atoms with Gasteiger partial charge in [-0.25, -0.2) is 0 Å². The summed E-state index contributed by atoms with van der Waals surface area (Å²) in [6, 6.07) is 9.51. The van der Waals surface area contributed by atoms with Crippen LogP contribution in [0.2, 0.25) is 19.6 Å². The molecule has 0 N–H and O–H groups in total. The molecule has 0 bridgehead atoms. The van der Waals surface area contributed by atoms with E-state index < -0.39 is 8.32 Å². The first-order chi connectivity index (χ1) is 9.40. The van der Waals surface area contributed by atoms with Crippen molar-refractivity contribution in [2.45, 2.75) is 26.1 Å². The van der Waals surface area contributed by atoms with Gasteiger partial charge in [0, 0.05) is 0 Å². The second-order valence-corrected chi connectivity index (χ2v) is 9.70. The maximum Gasteiger partial charge on any atom is 0.309 e. The lowest BCUT2D eigenvalue weighted by atomic mass is 10.3. The lowest BCUT2D eigenvalue weighted by molar-refractivity contribution is -0.139. The van der Waals surface area contributed by atoms with Gasteiger partial charge in [-0.15, -0.1) is 0 Å². The van der Waals surface area contributed by atoms with Gasteiger partial charge < -0.3 is 13.9 Å². The molecule has 1 aromatic carbocycles. The zero-order valence-corrected chi connectivity index (χ0v) is 13.5. The highest BCUT2D eigenvalue weighted by Gasteiger charge is 2.18. The van der Waals surface area contributed by atoms with E-state index in [0.717, 1.165) is 5.75 Å². The summed E-state index contributed by atoms with van der Waals surface area (Å²) in [6.45, 7) is 6.57. The topological polar surface area (TPSA) is 44.8 Å². The van der Waals surface area contributed by atoms with Gasteiger partial charge in [-0.2, -0.15) is 0 Å². The van der Waals surface area contributed by atoms with E-state index in [1.807, 2.05) is 30.3 Å². The number of ether oxygens (including phenoxy) is 2. The molecule has 0 aromatic heterocycles. The smallest absolute Gasteiger partial charge is 0.309 e. The number of rotatable bonds is 7. The van der Waals surface area contributed by atoms with Crippen LogP contribution in [0.3, 0.4) is 0 Å². The van der Waals surface area contributed by atoms with E-state index in [4.69, 9.17) is 9.16 Å². The average Bonchev–Trinajstić information content (AvgIpc) is 2.41. The van der Waals surface area contributed by atoms with Gasteiger partial charge in [0.15, 0.2) is 0 Å². The molecule has 4 nitrogen and oxygen atoms in total. The van der Waals surface area contributed by atoms with Crippen LogP contribution in [-0.2, 0) is 14.0 Å². The van der Waals surface area contributed by atoms with Gasteiger partial charge in [0.05, 0.1) is 13.5 Å². The van der Waals surface area contributed by atoms with Gasteiger partial charge in [0.2, 0.25) is 8.32 Å². The molecule has 0 aliphatic rings. The maximum atomic E-state index is 11.2. The van der Waals surface area contributed by atoms with E-state index in [1.54, 1.807) is 6.08 Å². The first-order valence-corrected chi connectivity index (χ1v) is 9.94. The molecule has 0 atom stereocenters. The molecule has 0 radical (unpaired) electrons. The number of benzene rings is 1. The predicted molar refractivity (Wildman–Crippen MR) is 81.1 cm³/mol. The molecule has 1 rings (SSSR count). The monoisotopic (exact) mass is 294 g/mol. The van der Waals surface area contributed by atoms with E-state index in [-0.39, 0.29) is 12.4 Å². The fraction of sp³-hybridized carbons (Fsp3) is 0.400. The van der Waals surface area contributed by atoms with E-state index in [1.165, 1.54) is 7.11 Å². The standard InChI is InChI=1S/C15H22O4Si/c1-17-15(16)11-10-14(19-20(2,3)4)12-18-13-8-6-5-7-9-13/h5-10H,11-12H2,1-4H3. The van der Waals surface area contributed by atoms with Crippen molar-refractivity contribution in [3.8, 4) is 5.75 Å². The molecule has 0 aliphatic heterocycles. The SMILES string of the molecule is COC(=O)CC=C(COc1ccccc1)O[Si](C)(C)C. The van der Waals surface area contributed by atoms with Crippen LogP contribution in [-0.4, -0.2) is 28.0 Å². The Balaban J connectivity index is 2.65. The van der Waals surface area contributed by atoms with Gasteiger partial charge >= 0.3 is 5.97 Å². The number of carbonyl (C=O) groups is 1. The van der Waals surface area contributed by atoms with Crippen molar-refractivity contribution >= 4 is 14.3 Å². The molecule has 0 amide bonds. The summed E-state index contributed by atoms with van der Waals surface area (Å²) < 4.78 is 16.2. The third-order valence-corrected chi connectivity index (χ3v) is 3.16. The molecule has 0 spiro atoms. The number of esters is 1. The summed E-state index contributed by atoms with van der Waals surface area (Å²) in [4.78, 5) is 11.2. The summed E-state index contributed by atoms with van der Waals surface area (Å²) in [5.74, 6) is 1.16. The summed E-state index contributed by atoms with van der Waals surface area (Å²) in [5, 5.41) is 0. The Morgan fingerprint density at radius 3 is 2.40 bits per heavy atom. The Morgan fingerprint density at radius 2 is 1.85 bits per heavy atom. The number of para-hydroxylation sites is 1. The second-order valence-electron chi connectivity index (χ2n) is 5.27. The normalized spacial score (nSPS) is 11.9. The molecule has 0 saturated carbocycles. The van der Waals surface area contributed by atoms with Crippen LogP contribution < -0.4 is 4.74 Å². The second kappa shape index (κ2) is 7.74. The van der Waals surface area contributed by atoms with Gasteiger partial charge in [0.25, 0.3) is 0 Å².